The molecule has 2 aromatic carbocycles. The summed E-state index contributed by atoms with van der Waals surface area (Å²) >= 11 is 0. The van der Waals surface area contributed by atoms with E-state index in [9.17, 15) is 9.90 Å². The number of carbonyl (C=O) groups excluding carboxylic acids is 1. The summed E-state index contributed by atoms with van der Waals surface area (Å²) in [7, 11) is 0. The lowest BCUT2D eigenvalue weighted by molar-refractivity contribution is -0.115. The average Bonchev–Trinajstić information content (AvgIpc) is 2.41. The Balaban J connectivity index is 2.11. The molecule has 0 aromatic heterocycles. The SMILES string of the molecule is CC(N)c1ccccc1NC(=O)Cc1ccccc1O. The van der Waals surface area contributed by atoms with Crippen molar-refractivity contribution in [2.24, 2.45) is 5.73 Å². The van der Waals surface area contributed by atoms with Crippen LogP contribution in [0.15, 0.2) is 48.5 Å². The van der Waals surface area contributed by atoms with Crippen LogP contribution in [0.5, 0.6) is 5.75 Å². The summed E-state index contributed by atoms with van der Waals surface area (Å²) in [6.07, 6.45) is 0.125. The number of rotatable bonds is 4. The molecule has 1 amide bonds. The molecule has 0 fully saturated rings. The zero-order valence-corrected chi connectivity index (χ0v) is 11.3. The van der Waals surface area contributed by atoms with Crippen LogP contribution < -0.4 is 11.1 Å². The van der Waals surface area contributed by atoms with Gasteiger partial charge < -0.3 is 16.2 Å². The van der Waals surface area contributed by atoms with Crippen molar-refractivity contribution >= 4 is 11.6 Å². The van der Waals surface area contributed by atoms with Crippen LogP contribution in [0.3, 0.4) is 0 Å². The quantitative estimate of drug-likeness (QED) is 0.799. The molecule has 1 atom stereocenters. The summed E-state index contributed by atoms with van der Waals surface area (Å²) in [5.41, 5.74) is 8.07. The second-order valence-electron chi connectivity index (χ2n) is 4.73. The molecule has 1 unspecified atom stereocenters. The van der Waals surface area contributed by atoms with Gasteiger partial charge >= 0.3 is 0 Å². The summed E-state index contributed by atoms with van der Waals surface area (Å²) < 4.78 is 0. The molecule has 104 valence electrons. The molecule has 0 aliphatic rings. The van der Waals surface area contributed by atoms with Crippen LogP contribution in [0.25, 0.3) is 0 Å². The molecule has 0 radical (unpaired) electrons. The second-order valence-corrected chi connectivity index (χ2v) is 4.73. The van der Waals surface area contributed by atoms with E-state index in [0.717, 1.165) is 5.56 Å². The summed E-state index contributed by atoms with van der Waals surface area (Å²) in [6, 6.07) is 14.1. The predicted molar refractivity (Wildman–Crippen MR) is 79.5 cm³/mol. The first-order valence-corrected chi connectivity index (χ1v) is 6.49. The third kappa shape index (κ3) is 3.36. The zero-order chi connectivity index (χ0) is 14.5. The lowest BCUT2D eigenvalue weighted by Gasteiger charge is -2.13. The van der Waals surface area contributed by atoms with Crippen molar-refractivity contribution in [2.45, 2.75) is 19.4 Å². The Kier molecular flexibility index (Phi) is 4.38. The lowest BCUT2D eigenvalue weighted by atomic mass is 10.1. The summed E-state index contributed by atoms with van der Waals surface area (Å²) in [4.78, 5) is 12.0. The second kappa shape index (κ2) is 6.21. The number of carbonyl (C=O) groups is 1. The highest BCUT2D eigenvalue weighted by Gasteiger charge is 2.11. The Morgan fingerprint density at radius 2 is 1.85 bits per heavy atom. The molecule has 2 rings (SSSR count). The maximum Gasteiger partial charge on any atom is 0.228 e. The fourth-order valence-corrected chi connectivity index (χ4v) is 2.04. The summed E-state index contributed by atoms with van der Waals surface area (Å²) in [5.74, 6) is -0.0530. The van der Waals surface area contributed by atoms with E-state index in [1.54, 1.807) is 24.3 Å². The molecule has 4 heteroatoms. The highest BCUT2D eigenvalue weighted by molar-refractivity contribution is 5.93. The van der Waals surface area contributed by atoms with Crippen LogP contribution >= 0.6 is 0 Å². The van der Waals surface area contributed by atoms with E-state index in [4.69, 9.17) is 5.73 Å². The van der Waals surface area contributed by atoms with Crippen molar-refractivity contribution in [3.05, 3.63) is 59.7 Å². The highest BCUT2D eigenvalue weighted by Crippen LogP contribution is 2.22. The van der Waals surface area contributed by atoms with Crippen molar-refractivity contribution in [1.82, 2.24) is 0 Å². The monoisotopic (exact) mass is 270 g/mol. The van der Waals surface area contributed by atoms with Gasteiger partial charge in [-0.25, -0.2) is 0 Å². The van der Waals surface area contributed by atoms with Crippen LogP contribution in [-0.2, 0) is 11.2 Å². The highest BCUT2D eigenvalue weighted by atomic mass is 16.3. The number of hydrogen-bond donors (Lipinski definition) is 3. The number of hydrogen-bond acceptors (Lipinski definition) is 3. The number of nitrogens with two attached hydrogens (primary N) is 1. The van der Waals surface area contributed by atoms with E-state index in [0.29, 0.717) is 11.3 Å². The summed E-state index contributed by atoms with van der Waals surface area (Å²) in [5, 5.41) is 12.5. The van der Waals surface area contributed by atoms with Gasteiger partial charge in [-0.1, -0.05) is 36.4 Å². The number of nitrogens with one attached hydrogen (secondary N) is 1. The number of anilines is 1. The van der Waals surface area contributed by atoms with E-state index in [1.807, 2.05) is 31.2 Å². The molecular weight excluding hydrogens is 252 g/mol. The first-order chi connectivity index (χ1) is 9.58. The number of phenols is 1. The third-order valence-corrected chi connectivity index (χ3v) is 3.07. The topological polar surface area (TPSA) is 75.3 Å². The molecule has 0 aliphatic carbocycles. The van der Waals surface area contributed by atoms with Crippen LogP contribution in [0, 0.1) is 0 Å². The van der Waals surface area contributed by atoms with Crippen molar-refractivity contribution < 1.29 is 9.90 Å². The molecule has 2 aromatic rings. The molecule has 0 bridgehead atoms. The molecule has 0 spiro atoms. The van der Waals surface area contributed by atoms with E-state index >= 15 is 0 Å². The third-order valence-electron chi connectivity index (χ3n) is 3.07. The van der Waals surface area contributed by atoms with Gasteiger partial charge in [0.2, 0.25) is 5.91 Å². The van der Waals surface area contributed by atoms with Gasteiger partial charge in [0, 0.05) is 17.3 Å². The Hall–Kier alpha value is -2.33. The number of amides is 1. The minimum atomic E-state index is -0.181. The van der Waals surface area contributed by atoms with Crippen molar-refractivity contribution in [2.75, 3.05) is 5.32 Å². The number of aromatic hydroxyl groups is 1. The van der Waals surface area contributed by atoms with Crippen LogP contribution in [0.4, 0.5) is 5.69 Å². The first-order valence-electron chi connectivity index (χ1n) is 6.49. The fourth-order valence-electron chi connectivity index (χ4n) is 2.04. The Morgan fingerprint density at radius 3 is 2.55 bits per heavy atom. The smallest absolute Gasteiger partial charge is 0.228 e. The van der Waals surface area contributed by atoms with Crippen molar-refractivity contribution in [3.8, 4) is 5.75 Å². The normalized spacial score (nSPS) is 11.9. The Bertz CT molecular complexity index is 609. The van der Waals surface area contributed by atoms with Gasteiger partial charge in [-0.05, 0) is 24.6 Å². The first kappa shape index (κ1) is 14.1. The maximum atomic E-state index is 12.0. The van der Waals surface area contributed by atoms with Gasteiger partial charge in [-0.3, -0.25) is 4.79 Å². The van der Waals surface area contributed by atoms with E-state index in [2.05, 4.69) is 5.32 Å². The van der Waals surface area contributed by atoms with Gasteiger partial charge in [0.1, 0.15) is 5.75 Å². The number of para-hydroxylation sites is 2. The van der Waals surface area contributed by atoms with E-state index in [1.165, 1.54) is 0 Å². The predicted octanol–water partition coefficient (Wildman–Crippen LogP) is 2.59. The van der Waals surface area contributed by atoms with E-state index < -0.39 is 0 Å². The van der Waals surface area contributed by atoms with Gasteiger partial charge in [-0.2, -0.15) is 0 Å². The van der Waals surface area contributed by atoms with Crippen molar-refractivity contribution in [3.63, 3.8) is 0 Å². The number of benzene rings is 2. The Morgan fingerprint density at radius 1 is 1.20 bits per heavy atom. The summed E-state index contributed by atoms with van der Waals surface area (Å²) in [6.45, 7) is 1.87. The zero-order valence-electron chi connectivity index (χ0n) is 11.3. The van der Waals surface area contributed by atoms with Gasteiger partial charge in [-0.15, -0.1) is 0 Å². The standard InChI is InChI=1S/C16H18N2O2/c1-11(17)13-7-3-4-8-14(13)18-16(20)10-12-6-2-5-9-15(12)19/h2-9,11,19H,10,17H2,1H3,(H,18,20). The maximum absolute atomic E-state index is 12.0. The van der Waals surface area contributed by atoms with Crippen LogP contribution in [0.1, 0.15) is 24.1 Å². The molecule has 4 N–H and O–H groups in total. The van der Waals surface area contributed by atoms with Crippen LogP contribution in [-0.4, -0.2) is 11.0 Å². The van der Waals surface area contributed by atoms with Gasteiger partial charge in [0.25, 0.3) is 0 Å². The largest absolute Gasteiger partial charge is 0.508 e. The number of phenolic OH excluding ortho intramolecular Hbond substituents is 1. The molecule has 0 heterocycles. The van der Waals surface area contributed by atoms with Crippen LogP contribution in [0.2, 0.25) is 0 Å². The minimum absolute atomic E-state index is 0.125. The molecule has 4 nitrogen and oxygen atoms in total. The fraction of sp³-hybridized carbons (Fsp3) is 0.188. The minimum Gasteiger partial charge on any atom is -0.508 e. The van der Waals surface area contributed by atoms with Crippen molar-refractivity contribution in [1.29, 1.82) is 0 Å². The Labute approximate surface area is 118 Å². The van der Waals surface area contributed by atoms with E-state index in [-0.39, 0.29) is 24.1 Å². The lowest BCUT2D eigenvalue weighted by Crippen LogP contribution is -2.17. The average molecular weight is 270 g/mol. The van der Waals surface area contributed by atoms with Gasteiger partial charge in [0.05, 0.1) is 6.42 Å². The molecule has 0 saturated heterocycles. The molecule has 20 heavy (non-hydrogen) atoms. The molecule has 0 saturated carbocycles. The molecular formula is C16H18N2O2. The van der Waals surface area contributed by atoms with Gasteiger partial charge in [0.15, 0.2) is 0 Å². The molecule has 0 aliphatic heterocycles.